The maximum atomic E-state index is 12.6. The smallest absolute Gasteiger partial charge is 0.140 e. The quantitative estimate of drug-likeness (QED) is 0.848. The molecule has 2 aliphatic rings. The Labute approximate surface area is 134 Å². The molecular formula is C16H18Cl2O3. The number of Topliss-reactive ketones (excluding diaryl/α,β-unsaturated/α-hetero) is 1. The molecule has 1 aromatic rings. The average Bonchev–Trinajstić information content (AvgIpc) is 2.91. The van der Waals surface area contributed by atoms with Gasteiger partial charge in [-0.05, 0) is 30.5 Å². The Kier molecular flexibility index (Phi) is 4.55. The molecule has 0 saturated carbocycles. The molecule has 2 unspecified atom stereocenters. The number of carbonyl (C=O) groups excluding carboxylic acids is 1. The Morgan fingerprint density at radius 1 is 1.29 bits per heavy atom. The highest BCUT2D eigenvalue weighted by Gasteiger charge is 2.42. The Morgan fingerprint density at radius 2 is 2.05 bits per heavy atom. The van der Waals surface area contributed by atoms with E-state index in [1.807, 2.05) is 0 Å². The molecule has 114 valence electrons. The van der Waals surface area contributed by atoms with Gasteiger partial charge in [0.15, 0.2) is 0 Å². The van der Waals surface area contributed by atoms with Gasteiger partial charge in [0, 0.05) is 42.0 Å². The molecule has 2 fully saturated rings. The number of ketones is 1. The van der Waals surface area contributed by atoms with Gasteiger partial charge in [-0.15, -0.1) is 0 Å². The summed E-state index contributed by atoms with van der Waals surface area (Å²) in [6.45, 7) is 1.94. The normalized spacial score (nSPS) is 29.0. The molecule has 0 amide bonds. The van der Waals surface area contributed by atoms with Crippen LogP contribution in [0.5, 0.6) is 0 Å². The predicted octanol–water partition coefficient (Wildman–Crippen LogP) is 3.69. The third kappa shape index (κ3) is 3.26. The fourth-order valence-electron chi connectivity index (χ4n) is 3.19. The molecule has 3 nitrogen and oxygen atoms in total. The van der Waals surface area contributed by atoms with Gasteiger partial charge in [-0.1, -0.05) is 29.3 Å². The van der Waals surface area contributed by atoms with Crippen molar-refractivity contribution in [2.75, 3.05) is 19.8 Å². The summed E-state index contributed by atoms with van der Waals surface area (Å²) in [6, 6.07) is 5.33. The first-order valence-corrected chi connectivity index (χ1v) is 8.03. The lowest BCUT2D eigenvalue weighted by atomic mass is 9.81. The fraction of sp³-hybridized carbons (Fsp3) is 0.562. The van der Waals surface area contributed by atoms with Crippen LogP contribution in [-0.4, -0.2) is 31.2 Å². The first-order chi connectivity index (χ1) is 10.1. The summed E-state index contributed by atoms with van der Waals surface area (Å²) in [7, 11) is 0. The van der Waals surface area contributed by atoms with Crippen molar-refractivity contribution in [1.82, 2.24) is 0 Å². The van der Waals surface area contributed by atoms with Gasteiger partial charge in [-0.25, -0.2) is 0 Å². The molecule has 5 heteroatoms. The van der Waals surface area contributed by atoms with Crippen LogP contribution in [0, 0.1) is 5.92 Å². The number of benzene rings is 1. The van der Waals surface area contributed by atoms with E-state index >= 15 is 0 Å². The zero-order chi connectivity index (χ0) is 14.9. The van der Waals surface area contributed by atoms with Crippen LogP contribution < -0.4 is 0 Å². The molecule has 0 aromatic heterocycles. The van der Waals surface area contributed by atoms with Crippen LogP contribution in [0.1, 0.15) is 24.8 Å². The molecule has 3 rings (SSSR count). The van der Waals surface area contributed by atoms with Gasteiger partial charge in [-0.3, -0.25) is 4.79 Å². The van der Waals surface area contributed by atoms with Crippen molar-refractivity contribution in [3.05, 3.63) is 33.8 Å². The Morgan fingerprint density at radius 3 is 2.71 bits per heavy atom. The summed E-state index contributed by atoms with van der Waals surface area (Å²) in [5.74, 6) is 0.201. The summed E-state index contributed by atoms with van der Waals surface area (Å²) >= 11 is 12.3. The van der Waals surface area contributed by atoms with Crippen molar-refractivity contribution in [3.8, 4) is 0 Å². The van der Waals surface area contributed by atoms with Crippen molar-refractivity contribution in [1.29, 1.82) is 0 Å². The SMILES string of the molecule is O=C(Cc1c(Cl)cccc1Cl)C1CCOC2(CCOC2)C1. The highest BCUT2D eigenvalue weighted by molar-refractivity contribution is 6.36. The second kappa shape index (κ2) is 6.25. The summed E-state index contributed by atoms with van der Waals surface area (Å²) in [5.41, 5.74) is 0.483. The second-order valence-electron chi connectivity index (χ2n) is 5.87. The third-order valence-electron chi connectivity index (χ3n) is 4.43. The summed E-state index contributed by atoms with van der Waals surface area (Å²) < 4.78 is 11.3. The lowest BCUT2D eigenvalue weighted by Gasteiger charge is -2.36. The van der Waals surface area contributed by atoms with E-state index < -0.39 is 0 Å². The van der Waals surface area contributed by atoms with E-state index in [0.29, 0.717) is 29.7 Å². The van der Waals surface area contributed by atoms with Gasteiger partial charge in [0.25, 0.3) is 0 Å². The minimum absolute atomic E-state index is 0.00721. The fourth-order valence-corrected chi connectivity index (χ4v) is 3.72. The topological polar surface area (TPSA) is 35.5 Å². The van der Waals surface area contributed by atoms with E-state index in [0.717, 1.165) is 31.4 Å². The summed E-state index contributed by atoms with van der Waals surface area (Å²) in [4.78, 5) is 12.6. The Bertz CT molecular complexity index is 518. The molecule has 0 N–H and O–H groups in total. The molecule has 2 aliphatic heterocycles. The highest BCUT2D eigenvalue weighted by atomic mass is 35.5. The van der Waals surface area contributed by atoms with Crippen LogP contribution in [0.25, 0.3) is 0 Å². The van der Waals surface area contributed by atoms with E-state index in [1.54, 1.807) is 18.2 Å². The Balaban J connectivity index is 1.70. The number of rotatable bonds is 3. The standard InChI is InChI=1S/C16H18Cl2O3/c17-13-2-1-3-14(18)12(13)8-15(19)11-4-6-21-16(9-11)5-7-20-10-16/h1-3,11H,4-10H2. The molecule has 2 atom stereocenters. The van der Waals surface area contributed by atoms with Crippen LogP contribution in [0.3, 0.4) is 0 Å². The van der Waals surface area contributed by atoms with Gasteiger partial charge >= 0.3 is 0 Å². The molecule has 2 saturated heterocycles. The van der Waals surface area contributed by atoms with Crippen LogP contribution in [0.4, 0.5) is 0 Å². The predicted molar refractivity (Wildman–Crippen MR) is 82.0 cm³/mol. The average molecular weight is 329 g/mol. The van der Waals surface area contributed by atoms with E-state index in [1.165, 1.54) is 0 Å². The maximum Gasteiger partial charge on any atom is 0.140 e. The number of hydrogen-bond acceptors (Lipinski definition) is 3. The minimum atomic E-state index is -0.247. The maximum absolute atomic E-state index is 12.6. The first kappa shape index (κ1) is 15.3. The van der Waals surface area contributed by atoms with Crippen molar-refractivity contribution in [3.63, 3.8) is 0 Å². The number of carbonyl (C=O) groups is 1. The molecule has 2 heterocycles. The lowest BCUT2D eigenvalue weighted by molar-refractivity contribution is -0.136. The molecule has 21 heavy (non-hydrogen) atoms. The summed E-state index contributed by atoms with van der Waals surface area (Å²) in [6.07, 6.45) is 2.68. The van der Waals surface area contributed by atoms with E-state index in [2.05, 4.69) is 0 Å². The molecule has 1 aromatic carbocycles. The summed E-state index contributed by atoms with van der Waals surface area (Å²) in [5, 5.41) is 1.11. The van der Waals surface area contributed by atoms with Gasteiger partial charge in [0.1, 0.15) is 5.78 Å². The van der Waals surface area contributed by atoms with Crippen molar-refractivity contribution < 1.29 is 14.3 Å². The van der Waals surface area contributed by atoms with E-state index in [9.17, 15) is 4.79 Å². The van der Waals surface area contributed by atoms with E-state index in [4.69, 9.17) is 32.7 Å². The lowest BCUT2D eigenvalue weighted by Crippen LogP contribution is -2.42. The monoisotopic (exact) mass is 328 g/mol. The Hall–Kier alpha value is -0.610. The molecule has 1 spiro atoms. The molecule has 0 bridgehead atoms. The van der Waals surface area contributed by atoms with Gasteiger partial charge in [-0.2, -0.15) is 0 Å². The van der Waals surface area contributed by atoms with Gasteiger partial charge in [0.05, 0.1) is 12.2 Å². The molecular weight excluding hydrogens is 311 g/mol. The minimum Gasteiger partial charge on any atom is -0.378 e. The van der Waals surface area contributed by atoms with E-state index in [-0.39, 0.29) is 17.3 Å². The third-order valence-corrected chi connectivity index (χ3v) is 5.14. The van der Waals surface area contributed by atoms with Crippen LogP contribution in [-0.2, 0) is 20.7 Å². The number of ether oxygens (including phenoxy) is 2. The van der Waals surface area contributed by atoms with Crippen LogP contribution in [0.2, 0.25) is 10.0 Å². The van der Waals surface area contributed by atoms with Crippen LogP contribution in [0.15, 0.2) is 18.2 Å². The van der Waals surface area contributed by atoms with Crippen LogP contribution >= 0.6 is 23.2 Å². The van der Waals surface area contributed by atoms with Crippen molar-refractivity contribution in [2.24, 2.45) is 5.92 Å². The van der Waals surface area contributed by atoms with Gasteiger partial charge < -0.3 is 9.47 Å². The number of hydrogen-bond donors (Lipinski definition) is 0. The first-order valence-electron chi connectivity index (χ1n) is 7.27. The zero-order valence-electron chi connectivity index (χ0n) is 11.7. The van der Waals surface area contributed by atoms with Crippen molar-refractivity contribution in [2.45, 2.75) is 31.3 Å². The number of halogens is 2. The largest absolute Gasteiger partial charge is 0.378 e. The van der Waals surface area contributed by atoms with Crippen molar-refractivity contribution >= 4 is 29.0 Å². The zero-order valence-corrected chi connectivity index (χ0v) is 13.3. The highest BCUT2D eigenvalue weighted by Crippen LogP contribution is 2.37. The molecule has 0 aliphatic carbocycles. The van der Waals surface area contributed by atoms with Gasteiger partial charge in [0.2, 0.25) is 0 Å². The second-order valence-corrected chi connectivity index (χ2v) is 6.68. The molecule has 0 radical (unpaired) electrons.